The Bertz CT molecular complexity index is 931. The van der Waals surface area contributed by atoms with Gasteiger partial charge in [-0.05, 0) is 31.0 Å². The summed E-state index contributed by atoms with van der Waals surface area (Å²) < 4.78 is 27.4. The molecule has 128 valence electrons. The van der Waals surface area contributed by atoms with Crippen LogP contribution in [0, 0.1) is 11.6 Å². The van der Waals surface area contributed by atoms with E-state index in [4.69, 9.17) is 0 Å². The fraction of sp³-hybridized carbons (Fsp3) is 0.235. The highest BCUT2D eigenvalue weighted by molar-refractivity contribution is 7.22. The van der Waals surface area contributed by atoms with Gasteiger partial charge in [-0.2, -0.15) is 0 Å². The first-order valence-electron chi connectivity index (χ1n) is 7.85. The molecule has 0 spiro atoms. The van der Waals surface area contributed by atoms with Gasteiger partial charge in [0, 0.05) is 18.8 Å². The van der Waals surface area contributed by atoms with Gasteiger partial charge in [0.25, 0.3) is 0 Å². The van der Waals surface area contributed by atoms with Gasteiger partial charge in [0.2, 0.25) is 5.91 Å². The van der Waals surface area contributed by atoms with Crippen molar-refractivity contribution in [1.82, 2.24) is 9.97 Å². The number of carbonyl (C=O) groups excluding carboxylic acids is 1. The third-order valence-electron chi connectivity index (χ3n) is 4.18. The number of fused-ring (bicyclic) bond motifs is 1. The van der Waals surface area contributed by atoms with E-state index in [1.165, 1.54) is 6.07 Å². The molecule has 1 fully saturated rings. The lowest BCUT2D eigenvalue weighted by Gasteiger charge is -2.25. The number of halogens is 2. The molecule has 3 aromatic rings. The minimum absolute atomic E-state index is 0.0669. The summed E-state index contributed by atoms with van der Waals surface area (Å²) in [6, 6.07) is 5.40. The van der Waals surface area contributed by atoms with E-state index in [1.807, 2.05) is 17.0 Å². The maximum Gasteiger partial charge on any atom is 0.248 e. The number of amides is 1. The first kappa shape index (κ1) is 15.9. The summed E-state index contributed by atoms with van der Waals surface area (Å²) in [6.45, 7) is 0.767. The van der Waals surface area contributed by atoms with Gasteiger partial charge in [-0.1, -0.05) is 11.3 Å². The van der Waals surface area contributed by atoms with Crippen LogP contribution in [0.3, 0.4) is 0 Å². The molecule has 4 rings (SSSR count). The second-order valence-corrected chi connectivity index (χ2v) is 6.84. The number of nitrogens with zero attached hydrogens (tertiary/aromatic N) is 3. The monoisotopic (exact) mass is 360 g/mol. The summed E-state index contributed by atoms with van der Waals surface area (Å²) in [4.78, 5) is 22.8. The van der Waals surface area contributed by atoms with Crippen molar-refractivity contribution in [3.8, 4) is 0 Å². The quantitative estimate of drug-likeness (QED) is 0.776. The normalized spacial score (nSPS) is 17.2. The van der Waals surface area contributed by atoms with E-state index < -0.39 is 11.6 Å². The van der Waals surface area contributed by atoms with E-state index in [0.717, 1.165) is 36.1 Å². The minimum Gasteiger partial charge on any atom is -0.358 e. The third kappa shape index (κ3) is 3.05. The number of hydrogen-bond donors (Lipinski definition) is 1. The Morgan fingerprint density at radius 3 is 3.04 bits per heavy atom. The van der Waals surface area contributed by atoms with E-state index in [0.29, 0.717) is 11.1 Å². The van der Waals surface area contributed by atoms with Crippen molar-refractivity contribution in [3.05, 3.63) is 48.3 Å². The number of nitrogens with one attached hydrogen (secondary N) is 1. The molecule has 1 atom stereocenters. The summed E-state index contributed by atoms with van der Waals surface area (Å²) in [6.07, 6.45) is 5.02. The topological polar surface area (TPSA) is 58.1 Å². The van der Waals surface area contributed by atoms with E-state index in [2.05, 4.69) is 15.3 Å². The second kappa shape index (κ2) is 6.36. The van der Waals surface area contributed by atoms with Crippen molar-refractivity contribution >= 4 is 38.3 Å². The summed E-state index contributed by atoms with van der Waals surface area (Å²) in [5.41, 5.74) is 0.954. The van der Waals surface area contributed by atoms with Gasteiger partial charge in [-0.3, -0.25) is 9.78 Å². The number of rotatable bonds is 3. The lowest BCUT2D eigenvalue weighted by atomic mass is 10.2. The molecular weight excluding hydrogens is 346 g/mol. The molecule has 1 aromatic carbocycles. The van der Waals surface area contributed by atoms with Gasteiger partial charge in [0.15, 0.2) is 10.9 Å². The third-order valence-corrected chi connectivity index (χ3v) is 5.09. The molecule has 0 saturated carbocycles. The van der Waals surface area contributed by atoms with Crippen LogP contribution >= 0.6 is 11.3 Å². The van der Waals surface area contributed by atoms with Gasteiger partial charge in [0.1, 0.15) is 17.4 Å². The average Bonchev–Trinajstić information content (AvgIpc) is 3.22. The fourth-order valence-electron chi connectivity index (χ4n) is 3.07. The van der Waals surface area contributed by atoms with Crippen LogP contribution in [0.25, 0.3) is 10.2 Å². The zero-order chi connectivity index (χ0) is 17.4. The number of thiazole rings is 1. The van der Waals surface area contributed by atoms with E-state index >= 15 is 0 Å². The molecule has 1 aliphatic rings. The maximum absolute atomic E-state index is 13.8. The van der Waals surface area contributed by atoms with Crippen molar-refractivity contribution in [2.24, 2.45) is 0 Å². The Balaban J connectivity index is 1.56. The van der Waals surface area contributed by atoms with Crippen LogP contribution in [-0.4, -0.2) is 28.5 Å². The summed E-state index contributed by atoms with van der Waals surface area (Å²) in [5.74, 6) is -1.60. The van der Waals surface area contributed by atoms with E-state index in [1.54, 1.807) is 12.4 Å². The lowest BCUT2D eigenvalue weighted by Crippen LogP contribution is -2.39. The summed E-state index contributed by atoms with van der Waals surface area (Å²) in [7, 11) is 0. The van der Waals surface area contributed by atoms with Crippen molar-refractivity contribution in [1.29, 1.82) is 0 Å². The fourth-order valence-corrected chi connectivity index (χ4v) is 3.98. The van der Waals surface area contributed by atoms with Gasteiger partial charge in [-0.15, -0.1) is 0 Å². The highest BCUT2D eigenvalue weighted by Crippen LogP contribution is 2.30. The van der Waals surface area contributed by atoms with Gasteiger partial charge in [-0.25, -0.2) is 13.8 Å². The average molecular weight is 360 g/mol. The van der Waals surface area contributed by atoms with Crippen LogP contribution in [-0.2, 0) is 4.79 Å². The molecule has 1 saturated heterocycles. The molecule has 3 heterocycles. The molecular formula is C17H14F2N4OS. The standard InChI is InChI=1S/C17H14F2N4OS/c18-10-7-12(19)15-14(8-10)25-17(21-15)22-16(24)13-4-2-6-23(13)11-3-1-5-20-9-11/h1,3,5,7-9,13H,2,4,6H2,(H,21,22,24). The Hall–Kier alpha value is -2.61. The zero-order valence-electron chi connectivity index (χ0n) is 13.1. The van der Waals surface area contributed by atoms with E-state index in [-0.39, 0.29) is 22.6 Å². The Kier molecular flexibility index (Phi) is 4.04. The van der Waals surface area contributed by atoms with Crippen LogP contribution < -0.4 is 10.2 Å². The number of carbonyl (C=O) groups is 1. The highest BCUT2D eigenvalue weighted by atomic mass is 32.1. The van der Waals surface area contributed by atoms with Crippen molar-refractivity contribution in [2.75, 3.05) is 16.8 Å². The number of benzene rings is 1. The van der Waals surface area contributed by atoms with Gasteiger partial charge >= 0.3 is 0 Å². The van der Waals surface area contributed by atoms with Crippen LogP contribution in [0.1, 0.15) is 12.8 Å². The lowest BCUT2D eigenvalue weighted by molar-refractivity contribution is -0.117. The predicted octanol–water partition coefficient (Wildman–Crippen LogP) is 3.58. The smallest absolute Gasteiger partial charge is 0.248 e. The Morgan fingerprint density at radius 2 is 2.24 bits per heavy atom. The zero-order valence-corrected chi connectivity index (χ0v) is 13.9. The maximum atomic E-state index is 13.8. The summed E-state index contributed by atoms with van der Waals surface area (Å²) >= 11 is 1.06. The largest absolute Gasteiger partial charge is 0.358 e. The molecule has 8 heteroatoms. The molecule has 1 amide bonds. The molecule has 0 bridgehead atoms. The Morgan fingerprint density at radius 1 is 1.36 bits per heavy atom. The van der Waals surface area contributed by atoms with Crippen LogP contribution in [0.4, 0.5) is 19.6 Å². The minimum atomic E-state index is -0.732. The first-order valence-corrected chi connectivity index (χ1v) is 8.66. The van der Waals surface area contributed by atoms with Gasteiger partial charge < -0.3 is 10.2 Å². The van der Waals surface area contributed by atoms with Gasteiger partial charge in [0.05, 0.1) is 16.6 Å². The van der Waals surface area contributed by atoms with Crippen molar-refractivity contribution in [3.63, 3.8) is 0 Å². The molecule has 2 aromatic heterocycles. The molecule has 0 radical (unpaired) electrons. The number of aromatic nitrogens is 2. The first-order chi connectivity index (χ1) is 12.1. The van der Waals surface area contributed by atoms with E-state index in [9.17, 15) is 13.6 Å². The highest BCUT2D eigenvalue weighted by Gasteiger charge is 2.31. The number of pyridine rings is 1. The molecule has 5 nitrogen and oxygen atoms in total. The van der Waals surface area contributed by atoms with Crippen molar-refractivity contribution < 1.29 is 13.6 Å². The molecule has 25 heavy (non-hydrogen) atoms. The van der Waals surface area contributed by atoms with Crippen LogP contribution in [0.15, 0.2) is 36.7 Å². The molecule has 1 N–H and O–H groups in total. The Labute approximate surface area is 146 Å². The summed E-state index contributed by atoms with van der Waals surface area (Å²) in [5, 5.41) is 3.00. The molecule has 1 aliphatic heterocycles. The SMILES string of the molecule is O=C(Nc1nc2c(F)cc(F)cc2s1)C1CCCN1c1cccnc1. The van der Waals surface area contributed by atoms with Crippen molar-refractivity contribution in [2.45, 2.75) is 18.9 Å². The predicted molar refractivity (Wildman–Crippen MR) is 92.8 cm³/mol. The van der Waals surface area contributed by atoms with Crippen LogP contribution in [0.2, 0.25) is 0 Å². The second-order valence-electron chi connectivity index (χ2n) is 5.81. The number of hydrogen-bond acceptors (Lipinski definition) is 5. The van der Waals surface area contributed by atoms with Crippen LogP contribution in [0.5, 0.6) is 0 Å². The number of anilines is 2. The molecule has 0 aliphatic carbocycles. The molecule has 1 unspecified atom stereocenters.